The highest BCUT2D eigenvalue weighted by atomic mass is 16.6. The molecule has 2 aromatic carbocycles. The number of carbonyl (C=O) groups excluding carboxylic acids is 1. The highest BCUT2D eigenvalue weighted by Gasteiger charge is 2.18. The van der Waals surface area contributed by atoms with Crippen LogP contribution >= 0.6 is 0 Å². The highest BCUT2D eigenvalue weighted by Crippen LogP contribution is 2.31. The lowest BCUT2D eigenvalue weighted by Crippen LogP contribution is -2.31. The van der Waals surface area contributed by atoms with Gasteiger partial charge < -0.3 is 9.64 Å². The molecule has 108 valence electrons. The number of hydrogen-bond acceptors (Lipinski definition) is 2. The van der Waals surface area contributed by atoms with Crippen molar-refractivity contribution in [2.24, 2.45) is 0 Å². The number of ether oxygens (including phenoxy) is 1. The minimum absolute atomic E-state index is 0.266. The van der Waals surface area contributed by atoms with Gasteiger partial charge in [-0.2, -0.15) is 0 Å². The summed E-state index contributed by atoms with van der Waals surface area (Å²) in [5, 5.41) is 2.50. The minimum atomic E-state index is -0.266. The zero-order chi connectivity index (χ0) is 14.8. The molecule has 0 saturated heterocycles. The first-order valence-electron chi connectivity index (χ1n) is 7.41. The summed E-state index contributed by atoms with van der Waals surface area (Å²) in [4.78, 5) is 13.8. The molecule has 0 unspecified atom stereocenters. The van der Waals surface area contributed by atoms with Gasteiger partial charge in [0.05, 0.1) is 0 Å². The van der Waals surface area contributed by atoms with Crippen molar-refractivity contribution in [3.05, 3.63) is 53.3 Å². The van der Waals surface area contributed by atoms with Gasteiger partial charge in [-0.05, 0) is 41.8 Å². The van der Waals surface area contributed by atoms with E-state index in [0.717, 1.165) is 11.3 Å². The van der Waals surface area contributed by atoms with Crippen LogP contribution in [0.3, 0.4) is 0 Å². The Morgan fingerprint density at radius 1 is 1.14 bits per heavy atom. The summed E-state index contributed by atoms with van der Waals surface area (Å²) in [6, 6.07) is 12.5. The van der Waals surface area contributed by atoms with Crippen LogP contribution in [0.4, 0.5) is 4.79 Å². The number of allylic oxidation sites excluding steroid dienone is 1. The van der Waals surface area contributed by atoms with E-state index in [1.807, 2.05) is 26.0 Å². The zero-order valence-corrected chi connectivity index (χ0v) is 12.4. The molecule has 0 atom stereocenters. The summed E-state index contributed by atoms with van der Waals surface area (Å²) in [5.41, 5.74) is 2.34. The van der Waals surface area contributed by atoms with E-state index in [1.54, 1.807) is 4.90 Å². The SMILES string of the molecule is CCN(CC)C(=O)OC1=Cc2cccc3cccc(c23)C1. The quantitative estimate of drug-likeness (QED) is 0.843. The second-order valence-corrected chi connectivity index (χ2v) is 5.19. The van der Waals surface area contributed by atoms with Crippen LogP contribution in [0.15, 0.2) is 42.2 Å². The standard InChI is InChI=1S/C18H19NO2/c1-3-19(4-2)18(20)21-16-11-14-9-5-7-13-8-6-10-15(12-16)17(13)14/h5-11H,3-4,12H2,1-2H3. The lowest BCUT2D eigenvalue weighted by Gasteiger charge is -2.22. The number of hydrogen-bond donors (Lipinski definition) is 0. The van der Waals surface area contributed by atoms with Crippen molar-refractivity contribution in [1.82, 2.24) is 4.90 Å². The van der Waals surface area contributed by atoms with Gasteiger partial charge in [0.1, 0.15) is 5.76 Å². The van der Waals surface area contributed by atoms with E-state index in [0.29, 0.717) is 19.5 Å². The maximum Gasteiger partial charge on any atom is 0.414 e. The molecule has 1 aliphatic carbocycles. The van der Waals surface area contributed by atoms with E-state index in [1.165, 1.54) is 16.3 Å². The summed E-state index contributed by atoms with van der Waals surface area (Å²) < 4.78 is 5.57. The fraction of sp³-hybridized carbons (Fsp3) is 0.278. The third-order valence-corrected chi connectivity index (χ3v) is 3.94. The predicted octanol–water partition coefficient (Wildman–Crippen LogP) is 4.22. The Labute approximate surface area is 124 Å². The Hall–Kier alpha value is -2.29. The number of nitrogens with zero attached hydrogens (tertiary/aromatic N) is 1. The number of amides is 1. The van der Waals surface area contributed by atoms with Crippen LogP contribution in [0.2, 0.25) is 0 Å². The third-order valence-electron chi connectivity index (χ3n) is 3.94. The van der Waals surface area contributed by atoms with Crippen LogP contribution in [0, 0.1) is 0 Å². The Morgan fingerprint density at radius 2 is 1.86 bits per heavy atom. The van der Waals surface area contributed by atoms with E-state index in [4.69, 9.17) is 4.74 Å². The lowest BCUT2D eigenvalue weighted by atomic mass is 9.92. The van der Waals surface area contributed by atoms with Crippen LogP contribution in [0.1, 0.15) is 25.0 Å². The normalized spacial score (nSPS) is 13.0. The lowest BCUT2D eigenvalue weighted by molar-refractivity contribution is 0.132. The minimum Gasteiger partial charge on any atom is -0.414 e. The van der Waals surface area contributed by atoms with Gasteiger partial charge in [-0.1, -0.05) is 36.4 Å². The van der Waals surface area contributed by atoms with E-state index in [9.17, 15) is 4.79 Å². The molecule has 0 N–H and O–H groups in total. The summed E-state index contributed by atoms with van der Waals surface area (Å²) >= 11 is 0. The fourth-order valence-corrected chi connectivity index (χ4v) is 2.85. The first-order chi connectivity index (χ1) is 10.2. The van der Waals surface area contributed by atoms with Gasteiger partial charge in [-0.3, -0.25) is 0 Å². The molecule has 2 aromatic rings. The Balaban J connectivity index is 1.92. The molecule has 0 radical (unpaired) electrons. The molecule has 0 bridgehead atoms. The molecule has 21 heavy (non-hydrogen) atoms. The Morgan fingerprint density at radius 3 is 2.57 bits per heavy atom. The summed E-state index contributed by atoms with van der Waals surface area (Å²) in [5.74, 6) is 0.720. The Kier molecular flexibility index (Phi) is 3.65. The maximum absolute atomic E-state index is 12.1. The van der Waals surface area contributed by atoms with Crippen molar-refractivity contribution in [1.29, 1.82) is 0 Å². The van der Waals surface area contributed by atoms with Crippen molar-refractivity contribution in [2.45, 2.75) is 20.3 Å². The fourth-order valence-electron chi connectivity index (χ4n) is 2.85. The van der Waals surface area contributed by atoms with E-state index < -0.39 is 0 Å². The molecule has 0 saturated carbocycles. The molecular weight excluding hydrogens is 262 g/mol. The Bertz CT molecular complexity index is 709. The smallest absolute Gasteiger partial charge is 0.414 e. The van der Waals surface area contributed by atoms with E-state index in [-0.39, 0.29) is 6.09 Å². The number of benzene rings is 2. The van der Waals surface area contributed by atoms with Crippen LogP contribution in [0.5, 0.6) is 0 Å². The molecule has 1 aliphatic rings. The van der Waals surface area contributed by atoms with Crippen molar-refractivity contribution in [3.63, 3.8) is 0 Å². The van der Waals surface area contributed by atoms with Gasteiger partial charge in [-0.15, -0.1) is 0 Å². The zero-order valence-electron chi connectivity index (χ0n) is 12.4. The number of rotatable bonds is 3. The molecule has 3 heteroatoms. The molecule has 3 rings (SSSR count). The second-order valence-electron chi connectivity index (χ2n) is 5.19. The maximum atomic E-state index is 12.1. The molecular formula is C18H19NO2. The molecule has 0 aliphatic heterocycles. The van der Waals surface area contributed by atoms with Gasteiger partial charge in [0, 0.05) is 19.5 Å². The van der Waals surface area contributed by atoms with Gasteiger partial charge in [0.15, 0.2) is 0 Å². The molecule has 3 nitrogen and oxygen atoms in total. The first-order valence-corrected chi connectivity index (χ1v) is 7.41. The average molecular weight is 281 g/mol. The van der Waals surface area contributed by atoms with Crippen LogP contribution in [-0.2, 0) is 11.2 Å². The summed E-state index contributed by atoms with van der Waals surface area (Å²) in [6.07, 6.45) is 2.38. The van der Waals surface area contributed by atoms with E-state index >= 15 is 0 Å². The van der Waals surface area contributed by atoms with Gasteiger partial charge in [-0.25, -0.2) is 4.79 Å². The first kappa shape index (κ1) is 13.7. The molecule has 0 spiro atoms. The number of carbonyl (C=O) groups is 1. The summed E-state index contributed by atoms with van der Waals surface area (Å²) in [6.45, 7) is 5.23. The van der Waals surface area contributed by atoms with Gasteiger partial charge >= 0.3 is 6.09 Å². The van der Waals surface area contributed by atoms with Crippen molar-refractivity contribution >= 4 is 22.9 Å². The van der Waals surface area contributed by atoms with Crippen LogP contribution < -0.4 is 0 Å². The van der Waals surface area contributed by atoms with Crippen LogP contribution in [-0.4, -0.2) is 24.1 Å². The molecule has 0 heterocycles. The van der Waals surface area contributed by atoms with E-state index in [2.05, 4.69) is 30.3 Å². The highest BCUT2D eigenvalue weighted by molar-refractivity contribution is 5.95. The van der Waals surface area contributed by atoms with Crippen molar-refractivity contribution < 1.29 is 9.53 Å². The largest absolute Gasteiger partial charge is 0.414 e. The third kappa shape index (κ3) is 2.51. The summed E-state index contributed by atoms with van der Waals surface area (Å²) in [7, 11) is 0. The average Bonchev–Trinajstić information content (AvgIpc) is 2.49. The van der Waals surface area contributed by atoms with Gasteiger partial charge in [0.2, 0.25) is 0 Å². The molecule has 1 amide bonds. The molecule has 0 aromatic heterocycles. The predicted molar refractivity (Wildman–Crippen MR) is 85.0 cm³/mol. The van der Waals surface area contributed by atoms with Crippen molar-refractivity contribution in [2.75, 3.05) is 13.1 Å². The topological polar surface area (TPSA) is 29.5 Å². The second kappa shape index (κ2) is 5.60. The molecule has 0 fully saturated rings. The van der Waals surface area contributed by atoms with Gasteiger partial charge in [0.25, 0.3) is 0 Å². The van der Waals surface area contributed by atoms with Crippen molar-refractivity contribution in [3.8, 4) is 0 Å². The monoisotopic (exact) mass is 281 g/mol. The van der Waals surface area contributed by atoms with Crippen LogP contribution in [0.25, 0.3) is 16.8 Å².